The van der Waals surface area contributed by atoms with Gasteiger partial charge in [-0.3, -0.25) is 0 Å². The minimum absolute atomic E-state index is 0.286. The first-order chi connectivity index (χ1) is 8.91. The van der Waals surface area contributed by atoms with Crippen LogP contribution in [0.4, 0.5) is 0 Å². The molecule has 0 bridgehead atoms. The molecule has 2 rings (SSSR count). The molecule has 0 amide bonds. The highest BCUT2D eigenvalue weighted by Crippen LogP contribution is 2.27. The summed E-state index contributed by atoms with van der Waals surface area (Å²) in [6, 6.07) is 2.06. The summed E-state index contributed by atoms with van der Waals surface area (Å²) in [5.74, 6) is 0. The molecule has 4 nitrogen and oxygen atoms in total. The summed E-state index contributed by atoms with van der Waals surface area (Å²) in [4.78, 5) is 2.38. The summed E-state index contributed by atoms with van der Waals surface area (Å²) < 4.78 is 26.6. The first kappa shape index (κ1) is 15.0. The lowest BCUT2D eigenvalue weighted by Crippen LogP contribution is -2.44. The van der Waals surface area contributed by atoms with Gasteiger partial charge in [0.1, 0.15) is 0 Å². The molecule has 1 aliphatic heterocycles. The summed E-state index contributed by atoms with van der Waals surface area (Å²) in [6.07, 6.45) is 3.43. The van der Waals surface area contributed by atoms with Crippen LogP contribution >= 0.6 is 11.3 Å². The van der Waals surface area contributed by atoms with Crippen LogP contribution in [0.3, 0.4) is 0 Å². The van der Waals surface area contributed by atoms with E-state index in [0.717, 1.165) is 22.7 Å². The number of piperidine rings is 1. The minimum Gasteiger partial charge on any atom is -0.313 e. The normalized spacial score (nSPS) is 20.9. The van der Waals surface area contributed by atoms with Crippen molar-refractivity contribution in [2.45, 2.75) is 44.0 Å². The second-order valence-electron chi connectivity index (χ2n) is 5.21. The van der Waals surface area contributed by atoms with Crippen molar-refractivity contribution in [2.75, 3.05) is 20.1 Å². The molecule has 0 aromatic carbocycles. The zero-order valence-corrected chi connectivity index (χ0v) is 13.4. The van der Waals surface area contributed by atoms with Crippen molar-refractivity contribution in [1.29, 1.82) is 0 Å². The fourth-order valence-corrected chi connectivity index (χ4v) is 5.26. The van der Waals surface area contributed by atoms with Crippen molar-refractivity contribution in [3.8, 4) is 0 Å². The van der Waals surface area contributed by atoms with Gasteiger partial charge in [-0.15, -0.1) is 11.3 Å². The summed E-state index contributed by atoms with van der Waals surface area (Å²) >= 11 is 1.54. The van der Waals surface area contributed by atoms with Crippen molar-refractivity contribution >= 4 is 21.4 Å². The maximum atomic E-state index is 12.5. The topological polar surface area (TPSA) is 49.4 Å². The number of rotatable bonds is 4. The van der Waals surface area contributed by atoms with E-state index < -0.39 is 10.0 Å². The van der Waals surface area contributed by atoms with Gasteiger partial charge in [0.25, 0.3) is 0 Å². The van der Waals surface area contributed by atoms with Gasteiger partial charge in [-0.2, -0.15) is 4.31 Å². The molecule has 1 fully saturated rings. The Morgan fingerprint density at radius 2 is 2.16 bits per heavy atom. The third-order valence-electron chi connectivity index (χ3n) is 3.57. The first-order valence-electron chi connectivity index (χ1n) is 6.68. The molecule has 2 heterocycles. The number of hydrogen-bond donors (Lipinski definition) is 1. The molecule has 0 aliphatic carbocycles. The molecule has 0 spiro atoms. The molecule has 1 unspecified atom stereocenters. The number of nitrogens with one attached hydrogen (secondary N) is 1. The Morgan fingerprint density at radius 1 is 1.42 bits per heavy atom. The summed E-state index contributed by atoms with van der Waals surface area (Å²) in [7, 11) is -1.67. The van der Waals surface area contributed by atoms with Crippen LogP contribution in [-0.2, 0) is 10.0 Å². The highest BCUT2D eigenvalue weighted by atomic mass is 32.2. The van der Waals surface area contributed by atoms with Crippen LogP contribution < -0.4 is 5.32 Å². The fourth-order valence-electron chi connectivity index (χ4n) is 2.52. The van der Waals surface area contributed by atoms with Gasteiger partial charge >= 0.3 is 0 Å². The molecule has 19 heavy (non-hydrogen) atoms. The monoisotopic (exact) mass is 302 g/mol. The largest absolute Gasteiger partial charge is 0.313 e. The molecule has 1 aliphatic rings. The molecule has 1 N–H and O–H groups in total. The van der Waals surface area contributed by atoms with Crippen molar-refractivity contribution in [3.63, 3.8) is 0 Å². The van der Waals surface area contributed by atoms with E-state index in [1.54, 1.807) is 13.1 Å². The Balaban J connectivity index is 2.12. The Hall–Kier alpha value is -0.430. The van der Waals surface area contributed by atoms with E-state index in [2.05, 4.69) is 5.32 Å². The van der Waals surface area contributed by atoms with Gasteiger partial charge < -0.3 is 5.32 Å². The Labute approximate surface area is 119 Å². The quantitative estimate of drug-likeness (QED) is 0.927. The van der Waals surface area contributed by atoms with Crippen molar-refractivity contribution in [1.82, 2.24) is 9.62 Å². The van der Waals surface area contributed by atoms with Gasteiger partial charge in [0.05, 0.1) is 4.90 Å². The summed E-state index contributed by atoms with van der Waals surface area (Å²) in [5.41, 5.74) is 0. The van der Waals surface area contributed by atoms with Gasteiger partial charge in [-0.1, -0.05) is 6.42 Å². The molecule has 108 valence electrons. The van der Waals surface area contributed by atoms with Gasteiger partial charge in [0, 0.05) is 29.4 Å². The average Bonchev–Trinajstić information content (AvgIpc) is 2.70. The summed E-state index contributed by atoms with van der Waals surface area (Å²) in [6.45, 7) is 5.36. The molecule has 0 radical (unpaired) electrons. The lowest BCUT2D eigenvalue weighted by Gasteiger charge is -2.27. The fraction of sp³-hybridized carbons (Fsp3) is 0.692. The van der Waals surface area contributed by atoms with Gasteiger partial charge in [-0.05, 0) is 39.3 Å². The summed E-state index contributed by atoms with van der Waals surface area (Å²) in [5, 5.41) is 3.39. The number of nitrogens with zero attached hydrogens (tertiary/aromatic N) is 1. The second-order valence-corrected chi connectivity index (χ2v) is 8.68. The third kappa shape index (κ3) is 3.37. The molecular formula is C13H22N2O2S2. The van der Waals surface area contributed by atoms with Crippen LogP contribution in [0.25, 0.3) is 0 Å². The van der Waals surface area contributed by atoms with E-state index in [4.69, 9.17) is 0 Å². The zero-order valence-electron chi connectivity index (χ0n) is 11.8. The van der Waals surface area contributed by atoms with Gasteiger partial charge in [-0.25, -0.2) is 8.42 Å². The average molecular weight is 302 g/mol. The Morgan fingerprint density at radius 3 is 2.68 bits per heavy atom. The lowest BCUT2D eigenvalue weighted by atomic mass is 10.1. The van der Waals surface area contributed by atoms with E-state index in [9.17, 15) is 8.42 Å². The predicted molar refractivity (Wildman–Crippen MR) is 79.3 cm³/mol. The Bertz CT molecular complexity index is 531. The SMILES string of the molecule is Cc1cc(S(=O)(=O)N(C)CC2CCCCN2)c(C)s1. The molecule has 6 heteroatoms. The number of likely N-dealkylation sites (N-methyl/N-ethyl adjacent to an activating group) is 1. The number of thiophene rings is 1. The van der Waals surface area contributed by atoms with Crippen LogP contribution in [0.2, 0.25) is 0 Å². The highest BCUT2D eigenvalue weighted by molar-refractivity contribution is 7.89. The molecular weight excluding hydrogens is 280 g/mol. The van der Waals surface area contributed by atoms with Gasteiger partial charge in [0.15, 0.2) is 0 Å². The van der Waals surface area contributed by atoms with E-state index in [1.165, 1.54) is 28.5 Å². The van der Waals surface area contributed by atoms with Crippen molar-refractivity contribution in [3.05, 3.63) is 15.8 Å². The van der Waals surface area contributed by atoms with E-state index >= 15 is 0 Å². The van der Waals surface area contributed by atoms with Crippen LogP contribution in [-0.4, -0.2) is 38.9 Å². The molecule has 1 aromatic rings. The zero-order chi connectivity index (χ0) is 14.0. The van der Waals surface area contributed by atoms with Crippen LogP contribution in [0.5, 0.6) is 0 Å². The minimum atomic E-state index is -3.34. The molecule has 0 saturated carbocycles. The van der Waals surface area contributed by atoms with Crippen molar-refractivity contribution < 1.29 is 8.42 Å². The van der Waals surface area contributed by atoms with Crippen LogP contribution in [0.15, 0.2) is 11.0 Å². The third-order valence-corrected chi connectivity index (χ3v) is 6.62. The lowest BCUT2D eigenvalue weighted by molar-refractivity contribution is 0.337. The maximum absolute atomic E-state index is 12.5. The standard InChI is InChI=1S/C13H22N2O2S2/c1-10-8-13(11(2)18-10)19(16,17)15(3)9-12-6-4-5-7-14-12/h8,12,14H,4-7,9H2,1-3H3. The number of hydrogen-bond acceptors (Lipinski definition) is 4. The first-order valence-corrected chi connectivity index (χ1v) is 8.93. The smallest absolute Gasteiger partial charge is 0.243 e. The number of aryl methyl sites for hydroxylation is 2. The molecule has 1 atom stereocenters. The van der Waals surface area contributed by atoms with Crippen LogP contribution in [0, 0.1) is 13.8 Å². The highest BCUT2D eigenvalue weighted by Gasteiger charge is 2.27. The number of sulfonamides is 1. The Kier molecular flexibility index (Phi) is 4.66. The van der Waals surface area contributed by atoms with Crippen molar-refractivity contribution in [2.24, 2.45) is 0 Å². The van der Waals surface area contributed by atoms with Gasteiger partial charge in [0.2, 0.25) is 10.0 Å². The van der Waals surface area contributed by atoms with E-state index in [-0.39, 0.29) is 6.04 Å². The van der Waals surface area contributed by atoms with E-state index in [0.29, 0.717) is 11.4 Å². The van der Waals surface area contributed by atoms with E-state index in [1.807, 2.05) is 13.8 Å². The molecule has 1 aromatic heterocycles. The maximum Gasteiger partial charge on any atom is 0.243 e. The second kappa shape index (κ2) is 5.91. The van der Waals surface area contributed by atoms with Crippen LogP contribution in [0.1, 0.15) is 29.0 Å². The molecule has 1 saturated heterocycles. The predicted octanol–water partition coefficient (Wildman–Crippen LogP) is 2.13.